The lowest BCUT2D eigenvalue weighted by Crippen LogP contribution is -2.07. The molecule has 0 spiro atoms. The van der Waals surface area contributed by atoms with E-state index < -0.39 is 7.07 Å². The molecule has 0 bridgehead atoms. The van der Waals surface area contributed by atoms with Crippen LogP contribution in [0.15, 0.2) is 78.9 Å². The Hall–Kier alpha value is -2.58. The Morgan fingerprint density at radius 3 is 2.17 bits per heavy atom. The molecular formula is C25H21NOPS+. The molecule has 0 aromatic heterocycles. The van der Waals surface area contributed by atoms with Gasteiger partial charge in [-0.1, -0.05) is 78.7 Å². The van der Waals surface area contributed by atoms with E-state index in [9.17, 15) is 0 Å². The van der Waals surface area contributed by atoms with E-state index in [1.807, 2.05) is 6.07 Å². The minimum atomic E-state index is -1.20. The summed E-state index contributed by atoms with van der Waals surface area (Å²) in [7, 11) is -1.20. The summed E-state index contributed by atoms with van der Waals surface area (Å²) in [6.45, 7) is 2.90. The van der Waals surface area contributed by atoms with E-state index in [1.54, 1.807) is 0 Å². The monoisotopic (exact) mass is 414 g/mol. The van der Waals surface area contributed by atoms with Gasteiger partial charge in [-0.25, -0.2) is 0 Å². The summed E-state index contributed by atoms with van der Waals surface area (Å²) in [5.74, 6) is 0.855. The second-order valence-electron chi connectivity index (χ2n) is 7.23. The van der Waals surface area contributed by atoms with Crippen molar-refractivity contribution in [2.24, 2.45) is 0 Å². The zero-order valence-electron chi connectivity index (χ0n) is 16.2. The summed E-state index contributed by atoms with van der Waals surface area (Å²) >= 11 is 5.65. The molecule has 29 heavy (non-hydrogen) atoms. The van der Waals surface area contributed by atoms with Crippen molar-refractivity contribution in [1.82, 2.24) is 5.09 Å². The van der Waals surface area contributed by atoms with Gasteiger partial charge in [0, 0.05) is 10.8 Å². The Morgan fingerprint density at radius 1 is 0.759 bits per heavy atom. The van der Waals surface area contributed by atoms with Crippen molar-refractivity contribution in [1.29, 1.82) is 0 Å². The van der Waals surface area contributed by atoms with E-state index in [2.05, 4.69) is 84.8 Å². The van der Waals surface area contributed by atoms with E-state index in [0.717, 1.165) is 24.1 Å². The van der Waals surface area contributed by atoms with Crippen molar-refractivity contribution in [2.45, 2.75) is 19.9 Å². The molecule has 5 aromatic rings. The number of rotatable bonds is 6. The molecular weight excluding hydrogens is 393 g/mol. The number of aryl methyl sites for hydroxylation is 1. The quantitative estimate of drug-likeness (QED) is 0.237. The smallest absolute Gasteiger partial charge is 0.259 e. The van der Waals surface area contributed by atoms with Crippen LogP contribution in [0.3, 0.4) is 0 Å². The molecule has 1 unspecified atom stereocenters. The normalized spacial score (nSPS) is 12.1. The van der Waals surface area contributed by atoms with E-state index in [0.29, 0.717) is 0 Å². The van der Waals surface area contributed by atoms with Gasteiger partial charge >= 0.3 is 7.07 Å². The summed E-state index contributed by atoms with van der Waals surface area (Å²) in [6, 6.07) is 27.8. The topological polar surface area (TPSA) is 21.3 Å². The molecule has 2 nitrogen and oxygen atoms in total. The number of hydrogen-bond acceptors (Lipinski definition) is 2. The van der Waals surface area contributed by atoms with E-state index in [4.69, 9.17) is 16.3 Å². The van der Waals surface area contributed by atoms with Crippen molar-refractivity contribution in [3.05, 3.63) is 90.0 Å². The molecule has 0 saturated carbocycles. The predicted molar refractivity (Wildman–Crippen MR) is 128 cm³/mol. The van der Waals surface area contributed by atoms with E-state index in [-0.39, 0.29) is 0 Å². The average molecular weight is 414 g/mol. The lowest BCUT2D eigenvalue weighted by atomic mass is 9.94. The Balaban J connectivity index is 1.46. The first-order valence-electron chi connectivity index (χ1n) is 9.86. The summed E-state index contributed by atoms with van der Waals surface area (Å²) in [4.78, 5) is 0. The molecule has 0 aliphatic carbocycles. The second-order valence-corrected chi connectivity index (χ2v) is 9.23. The summed E-state index contributed by atoms with van der Waals surface area (Å²) in [5.41, 5.74) is 2.63. The van der Waals surface area contributed by atoms with Gasteiger partial charge in [0.2, 0.25) is 11.8 Å². The summed E-state index contributed by atoms with van der Waals surface area (Å²) in [5, 5.41) is 10.8. The number of hydrogen-bond donors (Lipinski definition) is 1. The lowest BCUT2D eigenvalue weighted by molar-refractivity contribution is 0.621. The molecule has 0 saturated heterocycles. The fourth-order valence-electron chi connectivity index (χ4n) is 4.13. The van der Waals surface area contributed by atoms with Crippen LogP contribution >= 0.6 is 7.07 Å². The van der Waals surface area contributed by atoms with Gasteiger partial charge in [-0.3, -0.25) is 4.52 Å². The molecule has 5 aromatic carbocycles. The maximum Gasteiger partial charge on any atom is 0.490 e. The van der Waals surface area contributed by atoms with Crippen LogP contribution in [-0.4, -0.2) is 0 Å². The predicted octanol–water partition coefficient (Wildman–Crippen LogP) is 7.09. The standard InChI is InChI=1S/C25H21NOPS/c1-2-17-6-3-4-7-21(17)16-26-28(29)27-23-15-13-20-11-10-18-8-5-9-19-12-14-22(23)25(20)24(18)19/h3-15H,2,16H2,1H3,(H,26,29)/q+1. The van der Waals surface area contributed by atoms with Crippen LogP contribution in [0.25, 0.3) is 32.3 Å². The highest BCUT2D eigenvalue weighted by atomic mass is 32.4. The van der Waals surface area contributed by atoms with Gasteiger partial charge in [0.1, 0.15) is 0 Å². The third kappa shape index (κ3) is 3.36. The van der Waals surface area contributed by atoms with Crippen molar-refractivity contribution in [3.8, 4) is 5.75 Å². The highest BCUT2D eigenvalue weighted by Crippen LogP contribution is 2.40. The Morgan fingerprint density at radius 2 is 1.41 bits per heavy atom. The molecule has 0 aliphatic heterocycles. The van der Waals surface area contributed by atoms with Gasteiger partial charge in [0.25, 0.3) is 0 Å². The lowest BCUT2D eigenvalue weighted by Gasteiger charge is -2.11. The van der Waals surface area contributed by atoms with Crippen LogP contribution in [0.2, 0.25) is 0 Å². The van der Waals surface area contributed by atoms with Crippen molar-refractivity contribution >= 4 is 51.2 Å². The van der Waals surface area contributed by atoms with Gasteiger partial charge in [-0.15, -0.1) is 0 Å². The first-order chi connectivity index (χ1) is 14.2. The fraction of sp³-hybridized carbons (Fsp3) is 0.120. The van der Waals surface area contributed by atoms with Crippen LogP contribution in [0.4, 0.5) is 0 Å². The zero-order chi connectivity index (χ0) is 19.8. The van der Waals surface area contributed by atoms with Crippen LogP contribution in [0.5, 0.6) is 5.75 Å². The van der Waals surface area contributed by atoms with Crippen molar-refractivity contribution < 1.29 is 4.52 Å². The zero-order valence-corrected chi connectivity index (χ0v) is 17.9. The van der Waals surface area contributed by atoms with Gasteiger partial charge in [-0.05, 0) is 51.2 Å². The van der Waals surface area contributed by atoms with Gasteiger partial charge < -0.3 is 0 Å². The van der Waals surface area contributed by atoms with E-state index >= 15 is 0 Å². The minimum Gasteiger partial charge on any atom is -0.259 e. The van der Waals surface area contributed by atoms with Gasteiger partial charge in [0.15, 0.2) is 5.75 Å². The van der Waals surface area contributed by atoms with Crippen LogP contribution < -0.4 is 9.61 Å². The third-order valence-electron chi connectivity index (χ3n) is 5.57. The molecule has 0 amide bonds. The van der Waals surface area contributed by atoms with Crippen LogP contribution in [-0.2, 0) is 24.8 Å². The highest BCUT2D eigenvalue weighted by molar-refractivity contribution is 8.02. The first-order valence-corrected chi connectivity index (χ1v) is 12.1. The molecule has 0 aliphatic rings. The SMILES string of the molecule is CCc1ccccc1CN[P+](=S)Oc1ccc2ccc3cccc4ccc1c2c34. The molecule has 0 fully saturated rings. The van der Waals surface area contributed by atoms with Gasteiger partial charge in [-0.2, -0.15) is 0 Å². The molecule has 142 valence electrons. The summed E-state index contributed by atoms with van der Waals surface area (Å²) < 4.78 is 6.24. The largest absolute Gasteiger partial charge is 0.490 e. The van der Waals surface area contributed by atoms with Crippen LogP contribution in [0.1, 0.15) is 18.1 Å². The molecule has 1 N–H and O–H groups in total. The molecule has 1 atom stereocenters. The minimum absolute atomic E-state index is 0.727. The van der Waals surface area contributed by atoms with E-state index in [1.165, 1.54) is 38.1 Å². The Labute approximate surface area is 176 Å². The van der Waals surface area contributed by atoms with Gasteiger partial charge in [0.05, 0.1) is 6.54 Å². The number of benzene rings is 5. The molecule has 0 radical (unpaired) electrons. The molecule has 0 heterocycles. The fourth-order valence-corrected chi connectivity index (χ4v) is 5.27. The maximum atomic E-state index is 6.24. The van der Waals surface area contributed by atoms with Crippen molar-refractivity contribution in [3.63, 3.8) is 0 Å². The summed E-state index contributed by atoms with van der Waals surface area (Å²) in [6.07, 6.45) is 1.02. The Kier molecular flexibility index (Phi) is 4.89. The first kappa shape index (κ1) is 18.4. The second kappa shape index (κ2) is 7.68. The average Bonchev–Trinajstić information content (AvgIpc) is 2.77. The number of nitrogens with one attached hydrogen (secondary N) is 1. The maximum absolute atomic E-state index is 6.24. The highest BCUT2D eigenvalue weighted by Gasteiger charge is 2.18. The molecule has 4 heteroatoms. The third-order valence-corrected chi connectivity index (χ3v) is 6.96. The molecule has 5 rings (SSSR count). The van der Waals surface area contributed by atoms with Crippen LogP contribution in [0, 0.1) is 0 Å². The van der Waals surface area contributed by atoms with Crippen molar-refractivity contribution in [2.75, 3.05) is 0 Å². The Bertz CT molecular complexity index is 1330.